The Labute approximate surface area is 175 Å². The van der Waals surface area contributed by atoms with E-state index in [0.29, 0.717) is 25.3 Å². The van der Waals surface area contributed by atoms with Crippen LogP contribution in [-0.4, -0.2) is 23.7 Å². The van der Waals surface area contributed by atoms with Gasteiger partial charge in [0.05, 0.1) is 0 Å². The number of nitrogens with zero attached hydrogens (tertiary/aromatic N) is 1. The Morgan fingerprint density at radius 2 is 1.86 bits per heavy atom. The molecular weight excluding hydrogens is 380 g/mol. The Hall–Kier alpha value is -2.92. The highest BCUT2D eigenvalue weighted by atomic mass is 32.1. The highest BCUT2D eigenvalue weighted by Crippen LogP contribution is 2.41. The fourth-order valence-corrected chi connectivity index (χ4v) is 4.72. The quantitative estimate of drug-likeness (QED) is 0.612. The van der Waals surface area contributed by atoms with Gasteiger partial charge in [0, 0.05) is 30.2 Å². The molecule has 1 N–H and O–H groups in total. The van der Waals surface area contributed by atoms with Crippen LogP contribution in [0.15, 0.2) is 66.0 Å². The van der Waals surface area contributed by atoms with Gasteiger partial charge in [-0.25, -0.2) is 0 Å². The van der Waals surface area contributed by atoms with Crippen molar-refractivity contribution in [1.82, 2.24) is 4.90 Å². The molecule has 0 saturated carbocycles. The number of carbonyl (C=O) groups excluding carboxylic acids is 1. The van der Waals surface area contributed by atoms with Gasteiger partial charge in [-0.05, 0) is 40.3 Å². The molecule has 3 aromatic rings. The van der Waals surface area contributed by atoms with Crippen molar-refractivity contribution in [2.24, 2.45) is 0 Å². The number of rotatable bonds is 5. The molecule has 1 atom stereocenters. The number of thiophene rings is 1. The average molecular weight is 405 g/mol. The Balaban J connectivity index is 1.52. The van der Waals surface area contributed by atoms with E-state index in [1.807, 2.05) is 30.3 Å². The number of benzene rings is 2. The molecule has 2 heterocycles. The smallest absolute Gasteiger partial charge is 0.228 e. The van der Waals surface area contributed by atoms with Crippen LogP contribution in [0.3, 0.4) is 0 Å². The molecule has 5 heteroatoms. The lowest BCUT2D eigenvalue weighted by atomic mass is 9.78. The Kier molecular flexibility index (Phi) is 5.24. The van der Waals surface area contributed by atoms with Gasteiger partial charge in [-0.3, -0.25) is 10.2 Å². The normalized spacial score (nSPS) is 19.4. The van der Waals surface area contributed by atoms with E-state index in [1.54, 1.807) is 18.4 Å². The number of piperidine rings is 1. The Morgan fingerprint density at radius 1 is 1.07 bits per heavy atom. The lowest BCUT2D eigenvalue weighted by Gasteiger charge is -2.36. The summed E-state index contributed by atoms with van der Waals surface area (Å²) in [4.78, 5) is 14.9. The van der Waals surface area contributed by atoms with Crippen molar-refractivity contribution in [3.05, 3.63) is 76.5 Å². The first-order chi connectivity index (χ1) is 13.9. The number of hydrogen-bond acceptors (Lipinski definition) is 4. The Morgan fingerprint density at radius 3 is 2.62 bits per heavy atom. The number of carbonyl (C=O) groups is 1. The highest BCUT2D eigenvalue weighted by Gasteiger charge is 2.39. The van der Waals surface area contributed by atoms with Crippen molar-refractivity contribution in [3.63, 3.8) is 0 Å². The lowest BCUT2D eigenvalue weighted by molar-refractivity contribution is -0.128. The summed E-state index contributed by atoms with van der Waals surface area (Å²) in [6.07, 6.45) is 1.02. The molecule has 0 radical (unpaired) electrons. The first-order valence-electron chi connectivity index (χ1n) is 9.65. The van der Waals surface area contributed by atoms with E-state index in [9.17, 15) is 4.79 Å². The molecule has 0 spiro atoms. The maximum absolute atomic E-state index is 12.3. The van der Waals surface area contributed by atoms with Crippen molar-refractivity contribution >= 4 is 23.1 Å². The maximum Gasteiger partial charge on any atom is 0.228 e. The van der Waals surface area contributed by atoms with Gasteiger partial charge in [0.25, 0.3) is 0 Å². The largest absolute Gasteiger partial charge is 0.489 e. The van der Waals surface area contributed by atoms with E-state index in [4.69, 9.17) is 10.1 Å². The molecule has 1 aliphatic rings. The van der Waals surface area contributed by atoms with Gasteiger partial charge in [-0.15, -0.1) is 11.3 Å². The summed E-state index contributed by atoms with van der Waals surface area (Å²) in [5.74, 6) is 1.23. The fourth-order valence-electron chi connectivity index (χ4n) is 3.64. The number of amides is 1. The second-order valence-corrected chi connectivity index (χ2v) is 8.73. The topological polar surface area (TPSA) is 53.4 Å². The van der Waals surface area contributed by atoms with Gasteiger partial charge in [-0.1, -0.05) is 49.4 Å². The third kappa shape index (κ3) is 4.10. The molecule has 0 unspecified atom stereocenters. The van der Waals surface area contributed by atoms with Gasteiger partial charge in [-0.2, -0.15) is 0 Å². The summed E-state index contributed by atoms with van der Waals surface area (Å²) >= 11 is 1.66. The van der Waals surface area contributed by atoms with Crippen LogP contribution in [0, 0.1) is 5.41 Å². The first kappa shape index (κ1) is 19.4. The highest BCUT2D eigenvalue weighted by molar-refractivity contribution is 7.10. The van der Waals surface area contributed by atoms with Crippen molar-refractivity contribution < 1.29 is 9.53 Å². The number of likely N-dealkylation sites (tertiary alicyclic amines) is 1. The minimum atomic E-state index is -0.314. The summed E-state index contributed by atoms with van der Waals surface area (Å²) in [6, 6.07) is 20.4. The van der Waals surface area contributed by atoms with Crippen LogP contribution < -0.4 is 4.74 Å². The molecule has 1 aliphatic heterocycles. The van der Waals surface area contributed by atoms with E-state index in [0.717, 1.165) is 27.3 Å². The van der Waals surface area contributed by atoms with Crippen LogP contribution in [0.5, 0.6) is 5.75 Å². The van der Waals surface area contributed by atoms with Crippen LogP contribution in [-0.2, 0) is 16.8 Å². The number of amidine groups is 1. The lowest BCUT2D eigenvalue weighted by Crippen LogP contribution is -2.46. The number of hydrogen-bond donors (Lipinski definition) is 1. The standard InChI is InChI=1S/C24H24N2O2S/c1-24(13-22(25)26(2)23(27)14-24)21-12-19(16-29-21)18-9-6-10-20(11-18)28-15-17-7-4-3-5-8-17/h3-12,16,25H,13-15H2,1-2H3/t24-/m0/s1. The van der Waals surface area contributed by atoms with Crippen molar-refractivity contribution in [2.75, 3.05) is 7.05 Å². The monoisotopic (exact) mass is 404 g/mol. The number of nitrogens with one attached hydrogen (secondary N) is 1. The summed E-state index contributed by atoms with van der Waals surface area (Å²) in [7, 11) is 1.69. The zero-order valence-corrected chi connectivity index (χ0v) is 17.5. The van der Waals surface area contributed by atoms with E-state index in [-0.39, 0.29) is 11.3 Å². The fraction of sp³-hybridized carbons (Fsp3) is 0.250. The third-order valence-corrected chi connectivity index (χ3v) is 6.72. The Bertz CT molecular complexity index is 1020. The van der Waals surface area contributed by atoms with Gasteiger partial charge in [0.15, 0.2) is 0 Å². The van der Waals surface area contributed by atoms with E-state index in [1.165, 1.54) is 4.90 Å². The van der Waals surface area contributed by atoms with E-state index < -0.39 is 0 Å². The summed E-state index contributed by atoms with van der Waals surface area (Å²) < 4.78 is 5.96. The van der Waals surface area contributed by atoms with Crippen molar-refractivity contribution in [2.45, 2.75) is 31.8 Å². The first-order valence-corrected chi connectivity index (χ1v) is 10.5. The van der Waals surface area contributed by atoms with Crippen LogP contribution >= 0.6 is 11.3 Å². The second kappa shape index (κ2) is 7.84. The molecule has 1 aromatic heterocycles. The molecule has 1 fully saturated rings. The molecule has 0 bridgehead atoms. The summed E-state index contributed by atoms with van der Waals surface area (Å²) in [6.45, 7) is 2.62. The van der Waals surface area contributed by atoms with Crippen LogP contribution in [0.2, 0.25) is 0 Å². The SMILES string of the molecule is CN1C(=N)C[C@](C)(c2cc(-c3cccc(OCc4ccccc4)c3)cs2)CC1=O. The molecule has 0 aliphatic carbocycles. The molecule has 2 aromatic carbocycles. The third-order valence-electron chi connectivity index (χ3n) is 5.49. The molecule has 4 nitrogen and oxygen atoms in total. The molecule has 148 valence electrons. The predicted octanol–water partition coefficient (Wildman–Crippen LogP) is 5.48. The molecule has 1 saturated heterocycles. The molecular formula is C24H24N2O2S. The number of ether oxygens (including phenoxy) is 1. The van der Waals surface area contributed by atoms with E-state index >= 15 is 0 Å². The average Bonchev–Trinajstić information content (AvgIpc) is 3.23. The molecule has 1 amide bonds. The van der Waals surface area contributed by atoms with Crippen LogP contribution in [0.4, 0.5) is 0 Å². The molecule has 4 rings (SSSR count). The van der Waals surface area contributed by atoms with Crippen molar-refractivity contribution in [1.29, 1.82) is 5.41 Å². The van der Waals surface area contributed by atoms with Crippen LogP contribution in [0.1, 0.15) is 30.2 Å². The molecule has 29 heavy (non-hydrogen) atoms. The van der Waals surface area contributed by atoms with Crippen molar-refractivity contribution in [3.8, 4) is 16.9 Å². The minimum Gasteiger partial charge on any atom is -0.489 e. The van der Waals surface area contributed by atoms with Crippen LogP contribution in [0.25, 0.3) is 11.1 Å². The second-order valence-electron chi connectivity index (χ2n) is 7.82. The predicted molar refractivity (Wildman–Crippen MR) is 118 cm³/mol. The minimum absolute atomic E-state index is 0.00927. The van der Waals surface area contributed by atoms with Gasteiger partial charge < -0.3 is 9.64 Å². The maximum atomic E-state index is 12.3. The van der Waals surface area contributed by atoms with Gasteiger partial charge in [0.2, 0.25) is 5.91 Å². The summed E-state index contributed by atoms with van der Waals surface area (Å²) in [5.41, 5.74) is 3.04. The zero-order valence-electron chi connectivity index (χ0n) is 16.6. The zero-order chi connectivity index (χ0) is 20.4. The van der Waals surface area contributed by atoms with Gasteiger partial charge in [0.1, 0.15) is 18.2 Å². The summed E-state index contributed by atoms with van der Waals surface area (Å²) in [5, 5.41) is 10.3. The van der Waals surface area contributed by atoms with E-state index in [2.05, 4.69) is 42.6 Å². The van der Waals surface area contributed by atoms with Gasteiger partial charge >= 0.3 is 0 Å².